The minimum absolute atomic E-state index is 0.0835. The van der Waals surface area contributed by atoms with E-state index in [1.54, 1.807) is 0 Å². The van der Waals surface area contributed by atoms with E-state index in [0.29, 0.717) is 12.5 Å². The summed E-state index contributed by atoms with van der Waals surface area (Å²) in [6.07, 6.45) is 0.999. The van der Waals surface area contributed by atoms with E-state index in [9.17, 15) is 4.79 Å². The average Bonchev–Trinajstić information content (AvgIpc) is 2.57. The fourth-order valence-corrected chi connectivity index (χ4v) is 2.75. The van der Waals surface area contributed by atoms with Crippen LogP contribution in [0.15, 0.2) is 30.3 Å². The summed E-state index contributed by atoms with van der Waals surface area (Å²) in [4.78, 5) is 14.4. The highest BCUT2D eigenvalue weighted by molar-refractivity contribution is 5.73. The lowest BCUT2D eigenvalue weighted by Crippen LogP contribution is -2.45. The molecule has 1 saturated heterocycles. The van der Waals surface area contributed by atoms with E-state index >= 15 is 0 Å². The topological polar surface area (TPSA) is 53.6 Å². The van der Waals surface area contributed by atoms with Gasteiger partial charge in [-0.1, -0.05) is 44.2 Å². The molecule has 0 saturated carbocycles. The monoisotopic (exact) mass is 319 g/mol. The van der Waals surface area contributed by atoms with E-state index < -0.39 is 0 Å². The molecule has 128 valence electrons. The number of morpholine rings is 1. The normalized spacial score (nSPS) is 17.0. The number of carbonyl (C=O) groups is 1. The van der Waals surface area contributed by atoms with E-state index in [4.69, 9.17) is 4.74 Å². The molecule has 0 radical (unpaired) electrons. The molecule has 1 fully saturated rings. The summed E-state index contributed by atoms with van der Waals surface area (Å²) in [5, 5.41) is 5.95. The van der Waals surface area contributed by atoms with Crippen molar-refractivity contribution in [2.24, 2.45) is 5.92 Å². The zero-order valence-corrected chi connectivity index (χ0v) is 14.3. The Morgan fingerprint density at radius 3 is 2.52 bits per heavy atom. The van der Waals surface area contributed by atoms with Crippen molar-refractivity contribution in [1.82, 2.24) is 15.5 Å². The maximum atomic E-state index is 12.0. The van der Waals surface area contributed by atoms with Gasteiger partial charge in [-0.05, 0) is 17.9 Å². The number of benzene rings is 1. The van der Waals surface area contributed by atoms with Gasteiger partial charge in [-0.2, -0.15) is 0 Å². The van der Waals surface area contributed by atoms with Crippen LogP contribution in [0.5, 0.6) is 0 Å². The molecule has 1 aromatic carbocycles. The largest absolute Gasteiger partial charge is 0.379 e. The molecule has 1 atom stereocenters. The second kappa shape index (κ2) is 9.53. The van der Waals surface area contributed by atoms with Gasteiger partial charge >= 0.3 is 6.03 Å². The van der Waals surface area contributed by atoms with E-state index in [2.05, 4.69) is 41.5 Å². The lowest BCUT2D eigenvalue weighted by Gasteiger charge is -2.34. The number of urea groups is 1. The summed E-state index contributed by atoms with van der Waals surface area (Å²) in [5.74, 6) is 0.598. The van der Waals surface area contributed by atoms with E-state index in [1.807, 2.05) is 18.2 Å². The van der Waals surface area contributed by atoms with Crippen molar-refractivity contribution in [2.75, 3.05) is 39.4 Å². The molecule has 2 amide bonds. The molecule has 2 N–H and O–H groups in total. The minimum Gasteiger partial charge on any atom is -0.379 e. The summed E-state index contributed by atoms with van der Waals surface area (Å²) in [5.41, 5.74) is 1.23. The average molecular weight is 319 g/mol. The first kappa shape index (κ1) is 17.8. The van der Waals surface area contributed by atoms with E-state index in [0.717, 1.165) is 39.3 Å². The van der Waals surface area contributed by atoms with E-state index in [1.165, 1.54) is 5.56 Å². The van der Waals surface area contributed by atoms with Crippen molar-refractivity contribution in [3.8, 4) is 0 Å². The van der Waals surface area contributed by atoms with Crippen LogP contribution in [0.2, 0.25) is 0 Å². The van der Waals surface area contributed by atoms with Gasteiger partial charge in [0.2, 0.25) is 0 Å². The molecule has 0 aromatic heterocycles. The third kappa shape index (κ3) is 6.20. The van der Waals surface area contributed by atoms with Crippen LogP contribution in [0.25, 0.3) is 0 Å². The third-order valence-corrected chi connectivity index (χ3v) is 4.13. The number of rotatable bonds is 7. The van der Waals surface area contributed by atoms with Crippen LogP contribution in [0, 0.1) is 5.92 Å². The van der Waals surface area contributed by atoms with Crippen molar-refractivity contribution < 1.29 is 9.53 Å². The van der Waals surface area contributed by atoms with Crippen LogP contribution >= 0.6 is 0 Å². The van der Waals surface area contributed by atoms with Crippen LogP contribution in [-0.2, 0) is 4.74 Å². The smallest absolute Gasteiger partial charge is 0.314 e. The summed E-state index contributed by atoms with van der Waals surface area (Å²) < 4.78 is 5.45. The molecule has 1 aliphatic heterocycles. The highest BCUT2D eigenvalue weighted by atomic mass is 16.5. The molecule has 1 heterocycles. The molecule has 5 nitrogen and oxygen atoms in total. The first-order valence-corrected chi connectivity index (χ1v) is 8.55. The maximum Gasteiger partial charge on any atom is 0.314 e. The van der Waals surface area contributed by atoms with Crippen LogP contribution in [0.4, 0.5) is 4.79 Å². The van der Waals surface area contributed by atoms with Crippen LogP contribution in [-0.4, -0.2) is 50.3 Å². The number of ether oxygens (including phenoxy) is 1. The molecule has 23 heavy (non-hydrogen) atoms. The zero-order valence-electron chi connectivity index (χ0n) is 14.3. The number of nitrogens with one attached hydrogen (secondary N) is 2. The van der Waals surface area contributed by atoms with Crippen molar-refractivity contribution in [3.05, 3.63) is 35.9 Å². The van der Waals surface area contributed by atoms with Crippen molar-refractivity contribution in [3.63, 3.8) is 0 Å². The number of hydrogen-bond donors (Lipinski definition) is 2. The Balaban J connectivity index is 1.88. The summed E-state index contributed by atoms with van der Waals surface area (Å²) in [6, 6.07) is 10.5. The molecule has 5 heteroatoms. The zero-order chi connectivity index (χ0) is 16.5. The predicted molar refractivity (Wildman–Crippen MR) is 92.4 cm³/mol. The Morgan fingerprint density at radius 2 is 1.87 bits per heavy atom. The number of carbonyl (C=O) groups excluding carboxylic acids is 1. The Kier molecular flexibility index (Phi) is 7.36. The third-order valence-electron chi connectivity index (χ3n) is 4.13. The summed E-state index contributed by atoms with van der Waals surface area (Å²) in [6.45, 7) is 8.95. The molecule has 0 bridgehead atoms. The fourth-order valence-electron chi connectivity index (χ4n) is 2.75. The fraction of sp³-hybridized carbons (Fsp3) is 0.611. The van der Waals surface area contributed by atoms with Crippen molar-refractivity contribution in [1.29, 1.82) is 0 Å². The first-order chi connectivity index (χ1) is 11.2. The standard InChI is InChI=1S/C18H29N3O2/c1-15(2)8-9-19-18(22)20-14-17(16-6-4-3-5-7-16)21-10-12-23-13-11-21/h3-7,15,17H,8-14H2,1-2H3,(H2,19,20,22). The second-order valence-corrected chi connectivity index (χ2v) is 6.39. The Labute approximate surface area is 139 Å². The van der Waals surface area contributed by atoms with Gasteiger partial charge in [0.05, 0.1) is 19.3 Å². The molecule has 0 aliphatic carbocycles. The first-order valence-electron chi connectivity index (χ1n) is 8.55. The highest BCUT2D eigenvalue weighted by Gasteiger charge is 2.22. The van der Waals surface area contributed by atoms with Gasteiger partial charge in [-0.25, -0.2) is 4.79 Å². The minimum atomic E-state index is -0.0835. The number of nitrogens with zero attached hydrogens (tertiary/aromatic N) is 1. The summed E-state index contributed by atoms with van der Waals surface area (Å²) in [7, 11) is 0. The van der Waals surface area contributed by atoms with Gasteiger partial charge in [0.25, 0.3) is 0 Å². The van der Waals surface area contributed by atoms with Gasteiger partial charge in [0.1, 0.15) is 0 Å². The molecule has 1 unspecified atom stereocenters. The molecule has 2 rings (SSSR count). The van der Waals surface area contributed by atoms with Gasteiger partial charge in [0.15, 0.2) is 0 Å². The second-order valence-electron chi connectivity index (χ2n) is 6.39. The number of hydrogen-bond acceptors (Lipinski definition) is 3. The molecular formula is C18H29N3O2. The Morgan fingerprint density at radius 1 is 1.17 bits per heavy atom. The Bertz CT molecular complexity index is 459. The lowest BCUT2D eigenvalue weighted by molar-refractivity contribution is 0.0167. The maximum absolute atomic E-state index is 12.0. The predicted octanol–water partition coefficient (Wildman–Crippen LogP) is 2.41. The van der Waals surface area contributed by atoms with Crippen molar-refractivity contribution in [2.45, 2.75) is 26.3 Å². The lowest BCUT2D eigenvalue weighted by atomic mass is 10.0. The molecule has 1 aromatic rings. The van der Waals surface area contributed by atoms with Crippen LogP contribution < -0.4 is 10.6 Å². The summed E-state index contributed by atoms with van der Waals surface area (Å²) >= 11 is 0. The SMILES string of the molecule is CC(C)CCNC(=O)NCC(c1ccccc1)N1CCOCC1. The quantitative estimate of drug-likeness (QED) is 0.811. The van der Waals surface area contributed by atoms with Gasteiger partial charge in [-0.3, -0.25) is 4.90 Å². The van der Waals surface area contributed by atoms with Crippen LogP contribution in [0.1, 0.15) is 31.9 Å². The Hall–Kier alpha value is -1.59. The molecule has 1 aliphatic rings. The number of amides is 2. The van der Waals surface area contributed by atoms with E-state index in [-0.39, 0.29) is 12.1 Å². The molecular weight excluding hydrogens is 290 g/mol. The van der Waals surface area contributed by atoms with Gasteiger partial charge in [0, 0.05) is 26.2 Å². The van der Waals surface area contributed by atoms with Crippen molar-refractivity contribution >= 4 is 6.03 Å². The highest BCUT2D eigenvalue weighted by Crippen LogP contribution is 2.20. The van der Waals surface area contributed by atoms with Crippen LogP contribution in [0.3, 0.4) is 0 Å². The molecule has 0 spiro atoms. The van der Waals surface area contributed by atoms with Gasteiger partial charge < -0.3 is 15.4 Å². The van der Waals surface area contributed by atoms with Gasteiger partial charge in [-0.15, -0.1) is 0 Å².